The molecule has 0 saturated carbocycles. The minimum atomic E-state index is 0.0605. The standard InChI is InChI=1S/C14H12N2O/c15-11-5-7-12(8-6-11)16-9-10-3-1-2-4-13(10)14(16)17/h1-8H,9,15H2. The van der Waals surface area contributed by atoms with Crippen molar-refractivity contribution < 1.29 is 4.79 Å². The van der Waals surface area contributed by atoms with Gasteiger partial charge in [0.2, 0.25) is 0 Å². The van der Waals surface area contributed by atoms with Gasteiger partial charge in [0.05, 0.1) is 6.54 Å². The van der Waals surface area contributed by atoms with Crippen LogP contribution in [0.25, 0.3) is 0 Å². The van der Waals surface area contributed by atoms with E-state index in [4.69, 9.17) is 5.73 Å². The largest absolute Gasteiger partial charge is 0.399 e. The maximum absolute atomic E-state index is 12.2. The molecule has 0 fully saturated rings. The van der Waals surface area contributed by atoms with E-state index in [1.165, 1.54) is 0 Å². The Balaban J connectivity index is 1.99. The Morgan fingerprint density at radius 1 is 1.00 bits per heavy atom. The number of carbonyl (C=O) groups is 1. The highest BCUT2D eigenvalue weighted by atomic mass is 16.2. The highest BCUT2D eigenvalue weighted by Gasteiger charge is 2.27. The molecular formula is C14H12N2O. The predicted octanol–water partition coefficient (Wildman–Crippen LogP) is 2.43. The lowest BCUT2D eigenvalue weighted by atomic mass is 10.1. The van der Waals surface area contributed by atoms with E-state index in [2.05, 4.69) is 0 Å². The molecule has 84 valence electrons. The Hall–Kier alpha value is -2.29. The molecule has 2 aromatic rings. The Morgan fingerprint density at radius 2 is 1.71 bits per heavy atom. The highest BCUT2D eigenvalue weighted by molar-refractivity contribution is 6.10. The van der Waals surface area contributed by atoms with Crippen molar-refractivity contribution in [2.24, 2.45) is 0 Å². The number of nitrogens with two attached hydrogens (primary N) is 1. The van der Waals surface area contributed by atoms with Gasteiger partial charge < -0.3 is 10.6 Å². The quantitative estimate of drug-likeness (QED) is 0.756. The van der Waals surface area contributed by atoms with Crippen LogP contribution in [0.3, 0.4) is 0 Å². The predicted molar refractivity (Wildman–Crippen MR) is 67.8 cm³/mol. The third-order valence-electron chi connectivity index (χ3n) is 3.03. The van der Waals surface area contributed by atoms with Crippen LogP contribution in [0.5, 0.6) is 0 Å². The van der Waals surface area contributed by atoms with Gasteiger partial charge in [-0.2, -0.15) is 0 Å². The average molecular weight is 224 g/mol. The first kappa shape index (κ1) is 9.90. The van der Waals surface area contributed by atoms with Crippen molar-refractivity contribution in [2.75, 3.05) is 10.6 Å². The van der Waals surface area contributed by atoms with Crippen molar-refractivity contribution in [2.45, 2.75) is 6.54 Å². The number of rotatable bonds is 1. The lowest BCUT2D eigenvalue weighted by Crippen LogP contribution is -2.22. The van der Waals surface area contributed by atoms with Crippen LogP contribution in [0.15, 0.2) is 48.5 Å². The summed E-state index contributed by atoms with van der Waals surface area (Å²) >= 11 is 0. The summed E-state index contributed by atoms with van der Waals surface area (Å²) in [6.07, 6.45) is 0. The van der Waals surface area contributed by atoms with E-state index in [-0.39, 0.29) is 5.91 Å². The number of fused-ring (bicyclic) bond motifs is 1. The number of nitrogens with zero attached hydrogens (tertiary/aromatic N) is 1. The van der Waals surface area contributed by atoms with Crippen molar-refractivity contribution in [3.8, 4) is 0 Å². The normalized spacial score (nSPS) is 13.9. The van der Waals surface area contributed by atoms with E-state index in [1.807, 2.05) is 48.5 Å². The number of benzene rings is 2. The zero-order chi connectivity index (χ0) is 11.8. The van der Waals surface area contributed by atoms with Crippen molar-refractivity contribution in [1.29, 1.82) is 0 Å². The first-order valence-corrected chi connectivity index (χ1v) is 5.51. The fourth-order valence-corrected chi connectivity index (χ4v) is 2.12. The molecule has 1 heterocycles. The molecule has 2 N–H and O–H groups in total. The Morgan fingerprint density at radius 3 is 2.41 bits per heavy atom. The second kappa shape index (κ2) is 3.63. The van der Waals surface area contributed by atoms with E-state index < -0.39 is 0 Å². The fraction of sp³-hybridized carbons (Fsp3) is 0.0714. The maximum Gasteiger partial charge on any atom is 0.258 e. The highest BCUT2D eigenvalue weighted by Crippen LogP contribution is 2.28. The Labute approximate surface area is 99.5 Å². The smallest absolute Gasteiger partial charge is 0.258 e. The molecule has 1 amide bonds. The molecule has 3 nitrogen and oxygen atoms in total. The summed E-state index contributed by atoms with van der Waals surface area (Å²) in [6.45, 7) is 0.638. The molecule has 0 bridgehead atoms. The summed E-state index contributed by atoms with van der Waals surface area (Å²) in [4.78, 5) is 13.9. The van der Waals surface area contributed by atoms with Crippen molar-refractivity contribution in [3.05, 3.63) is 59.7 Å². The Kier molecular flexibility index (Phi) is 2.11. The van der Waals surface area contributed by atoms with Gasteiger partial charge in [0.25, 0.3) is 5.91 Å². The van der Waals surface area contributed by atoms with E-state index in [0.717, 1.165) is 16.8 Å². The molecule has 17 heavy (non-hydrogen) atoms. The number of carbonyl (C=O) groups excluding carboxylic acids is 1. The van der Waals surface area contributed by atoms with Gasteiger partial charge in [-0.05, 0) is 35.9 Å². The molecule has 0 radical (unpaired) electrons. The molecule has 0 aromatic heterocycles. The lowest BCUT2D eigenvalue weighted by Gasteiger charge is -2.15. The molecule has 0 spiro atoms. The second-order valence-electron chi connectivity index (χ2n) is 4.14. The third-order valence-corrected chi connectivity index (χ3v) is 3.03. The van der Waals surface area contributed by atoms with Crippen LogP contribution in [0, 0.1) is 0 Å². The second-order valence-corrected chi connectivity index (χ2v) is 4.14. The van der Waals surface area contributed by atoms with Gasteiger partial charge in [-0.15, -0.1) is 0 Å². The van der Waals surface area contributed by atoms with Gasteiger partial charge in [0.1, 0.15) is 0 Å². The molecular weight excluding hydrogens is 212 g/mol. The lowest BCUT2D eigenvalue weighted by molar-refractivity contribution is 0.0996. The minimum Gasteiger partial charge on any atom is -0.399 e. The van der Waals surface area contributed by atoms with E-state index >= 15 is 0 Å². The van der Waals surface area contributed by atoms with Crippen molar-refractivity contribution >= 4 is 17.3 Å². The first-order valence-electron chi connectivity index (χ1n) is 5.51. The summed E-state index contributed by atoms with van der Waals surface area (Å²) < 4.78 is 0. The van der Waals surface area contributed by atoms with Gasteiger partial charge in [-0.3, -0.25) is 4.79 Å². The molecule has 0 unspecified atom stereocenters. The van der Waals surface area contributed by atoms with Crippen LogP contribution in [0.1, 0.15) is 15.9 Å². The van der Waals surface area contributed by atoms with Gasteiger partial charge in [-0.1, -0.05) is 18.2 Å². The van der Waals surface area contributed by atoms with Crippen molar-refractivity contribution in [1.82, 2.24) is 0 Å². The number of hydrogen-bond donors (Lipinski definition) is 1. The molecule has 3 heteroatoms. The van der Waals surface area contributed by atoms with Gasteiger partial charge >= 0.3 is 0 Å². The SMILES string of the molecule is Nc1ccc(N2Cc3ccccc3C2=O)cc1. The maximum atomic E-state index is 12.2. The summed E-state index contributed by atoms with van der Waals surface area (Å²) in [7, 11) is 0. The van der Waals surface area contributed by atoms with Crippen LogP contribution < -0.4 is 10.6 Å². The minimum absolute atomic E-state index is 0.0605. The van der Waals surface area contributed by atoms with E-state index in [1.54, 1.807) is 4.90 Å². The molecule has 1 aliphatic rings. The Bertz CT molecular complexity index is 575. The summed E-state index contributed by atoms with van der Waals surface area (Å²) in [5.41, 5.74) is 9.11. The monoisotopic (exact) mass is 224 g/mol. The van der Waals surface area contributed by atoms with Crippen LogP contribution in [0.2, 0.25) is 0 Å². The number of hydrogen-bond acceptors (Lipinski definition) is 2. The number of nitrogen functional groups attached to an aromatic ring is 1. The molecule has 0 atom stereocenters. The first-order chi connectivity index (χ1) is 8.25. The third kappa shape index (κ3) is 1.56. The average Bonchev–Trinajstić information content (AvgIpc) is 2.69. The van der Waals surface area contributed by atoms with Crippen LogP contribution >= 0.6 is 0 Å². The van der Waals surface area contributed by atoms with E-state index in [0.29, 0.717) is 12.2 Å². The number of amides is 1. The van der Waals surface area contributed by atoms with Crippen LogP contribution in [0.4, 0.5) is 11.4 Å². The summed E-state index contributed by atoms with van der Waals surface area (Å²) in [5.74, 6) is 0.0605. The summed E-state index contributed by atoms with van der Waals surface area (Å²) in [5, 5.41) is 0. The zero-order valence-corrected chi connectivity index (χ0v) is 9.26. The van der Waals surface area contributed by atoms with E-state index in [9.17, 15) is 4.79 Å². The number of anilines is 2. The molecule has 1 aliphatic heterocycles. The molecule has 2 aromatic carbocycles. The molecule has 3 rings (SSSR count). The van der Waals surface area contributed by atoms with Crippen molar-refractivity contribution in [3.63, 3.8) is 0 Å². The van der Waals surface area contributed by atoms with Gasteiger partial charge in [-0.25, -0.2) is 0 Å². The van der Waals surface area contributed by atoms with Gasteiger partial charge in [0, 0.05) is 16.9 Å². The topological polar surface area (TPSA) is 46.3 Å². The summed E-state index contributed by atoms with van der Waals surface area (Å²) in [6, 6.07) is 15.1. The fourth-order valence-electron chi connectivity index (χ4n) is 2.12. The zero-order valence-electron chi connectivity index (χ0n) is 9.26. The van der Waals surface area contributed by atoms with Crippen LogP contribution in [-0.4, -0.2) is 5.91 Å². The van der Waals surface area contributed by atoms with Gasteiger partial charge in [0.15, 0.2) is 0 Å². The molecule has 0 saturated heterocycles. The molecule has 0 aliphatic carbocycles. The van der Waals surface area contributed by atoms with Crippen LogP contribution in [-0.2, 0) is 6.54 Å².